The zero-order valence-corrected chi connectivity index (χ0v) is 10.3. The van der Waals surface area contributed by atoms with E-state index < -0.39 is 5.60 Å². The van der Waals surface area contributed by atoms with Gasteiger partial charge in [-0.2, -0.15) is 0 Å². The standard InChI is InChI=1S/C12H17ClN2O2/c13-9-2-1-3-10(11(9)14)15-8-12(16)4-6-17-7-5-12/h1-3,15-16H,4-8,14H2. The predicted molar refractivity (Wildman–Crippen MR) is 69.4 cm³/mol. The van der Waals surface area contributed by atoms with Crippen LogP contribution < -0.4 is 11.1 Å². The highest BCUT2D eigenvalue weighted by Gasteiger charge is 2.29. The molecule has 4 N–H and O–H groups in total. The van der Waals surface area contributed by atoms with Crippen molar-refractivity contribution in [2.75, 3.05) is 30.8 Å². The van der Waals surface area contributed by atoms with E-state index in [1.807, 2.05) is 12.1 Å². The minimum atomic E-state index is -0.715. The Bertz CT molecular complexity index is 392. The molecule has 2 rings (SSSR count). The lowest BCUT2D eigenvalue weighted by molar-refractivity contribution is -0.0543. The molecule has 0 saturated carbocycles. The molecule has 1 heterocycles. The van der Waals surface area contributed by atoms with Crippen LogP contribution in [0.1, 0.15) is 12.8 Å². The van der Waals surface area contributed by atoms with Crippen molar-refractivity contribution >= 4 is 23.0 Å². The smallest absolute Gasteiger partial charge is 0.0863 e. The Balaban J connectivity index is 1.99. The number of benzene rings is 1. The number of para-hydroxylation sites is 1. The summed E-state index contributed by atoms with van der Waals surface area (Å²) >= 11 is 5.92. The van der Waals surface area contributed by atoms with Gasteiger partial charge in [0, 0.05) is 32.6 Å². The van der Waals surface area contributed by atoms with Gasteiger partial charge in [-0.3, -0.25) is 0 Å². The number of nitrogens with two attached hydrogens (primary N) is 1. The summed E-state index contributed by atoms with van der Waals surface area (Å²) in [6, 6.07) is 5.42. The van der Waals surface area contributed by atoms with Gasteiger partial charge in [0.15, 0.2) is 0 Å². The first-order valence-electron chi connectivity index (χ1n) is 5.69. The van der Waals surface area contributed by atoms with Gasteiger partial charge in [0.25, 0.3) is 0 Å². The summed E-state index contributed by atoms with van der Waals surface area (Å²) in [6.45, 7) is 1.66. The van der Waals surface area contributed by atoms with Crippen LogP contribution in [0.25, 0.3) is 0 Å². The Morgan fingerprint density at radius 2 is 2.12 bits per heavy atom. The molecule has 1 aliphatic heterocycles. The number of aliphatic hydroxyl groups is 1. The van der Waals surface area contributed by atoms with Gasteiger partial charge >= 0.3 is 0 Å². The second kappa shape index (κ2) is 5.12. The summed E-state index contributed by atoms with van der Waals surface area (Å²) in [7, 11) is 0. The minimum Gasteiger partial charge on any atom is -0.396 e. The van der Waals surface area contributed by atoms with Crippen molar-refractivity contribution in [2.24, 2.45) is 0 Å². The highest BCUT2D eigenvalue weighted by Crippen LogP contribution is 2.28. The van der Waals surface area contributed by atoms with Crippen molar-refractivity contribution in [1.29, 1.82) is 0 Å². The molecule has 17 heavy (non-hydrogen) atoms. The second-order valence-corrected chi connectivity index (χ2v) is 4.80. The van der Waals surface area contributed by atoms with Crippen molar-refractivity contribution in [3.63, 3.8) is 0 Å². The zero-order valence-electron chi connectivity index (χ0n) is 9.58. The Kier molecular flexibility index (Phi) is 3.76. The third-order valence-corrected chi connectivity index (χ3v) is 3.41. The van der Waals surface area contributed by atoms with Crippen LogP contribution in [0.3, 0.4) is 0 Å². The van der Waals surface area contributed by atoms with E-state index in [-0.39, 0.29) is 0 Å². The van der Waals surface area contributed by atoms with E-state index in [0.717, 1.165) is 5.69 Å². The Morgan fingerprint density at radius 1 is 1.41 bits per heavy atom. The molecular formula is C12H17ClN2O2. The van der Waals surface area contributed by atoms with E-state index in [2.05, 4.69) is 5.32 Å². The van der Waals surface area contributed by atoms with E-state index in [1.54, 1.807) is 6.07 Å². The van der Waals surface area contributed by atoms with E-state index in [4.69, 9.17) is 22.1 Å². The predicted octanol–water partition coefficient (Wildman–Crippen LogP) is 1.88. The minimum absolute atomic E-state index is 0.459. The molecule has 1 aromatic rings. The summed E-state index contributed by atoms with van der Waals surface area (Å²) in [4.78, 5) is 0. The molecule has 1 fully saturated rings. The molecule has 1 aromatic carbocycles. The maximum Gasteiger partial charge on any atom is 0.0863 e. The highest BCUT2D eigenvalue weighted by atomic mass is 35.5. The van der Waals surface area contributed by atoms with Crippen LogP contribution in [-0.4, -0.2) is 30.5 Å². The number of ether oxygens (including phenoxy) is 1. The molecular weight excluding hydrogens is 240 g/mol. The summed E-state index contributed by atoms with van der Waals surface area (Å²) in [5, 5.41) is 13.9. The van der Waals surface area contributed by atoms with Crippen molar-refractivity contribution in [2.45, 2.75) is 18.4 Å². The molecule has 0 atom stereocenters. The monoisotopic (exact) mass is 256 g/mol. The number of nitrogens with one attached hydrogen (secondary N) is 1. The van der Waals surface area contributed by atoms with Gasteiger partial charge in [0.1, 0.15) is 0 Å². The van der Waals surface area contributed by atoms with Crippen molar-refractivity contribution < 1.29 is 9.84 Å². The van der Waals surface area contributed by atoms with E-state index in [0.29, 0.717) is 43.3 Å². The van der Waals surface area contributed by atoms with Gasteiger partial charge in [-0.25, -0.2) is 0 Å². The fourth-order valence-electron chi connectivity index (χ4n) is 1.88. The van der Waals surface area contributed by atoms with Crippen LogP contribution in [0.5, 0.6) is 0 Å². The Morgan fingerprint density at radius 3 is 2.82 bits per heavy atom. The SMILES string of the molecule is Nc1c(Cl)cccc1NCC1(O)CCOCC1. The largest absolute Gasteiger partial charge is 0.396 e. The first-order chi connectivity index (χ1) is 8.11. The third kappa shape index (κ3) is 3.03. The zero-order chi connectivity index (χ0) is 12.3. The molecule has 4 nitrogen and oxygen atoms in total. The second-order valence-electron chi connectivity index (χ2n) is 4.39. The third-order valence-electron chi connectivity index (χ3n) is 3.08. The van der Waals surface area contributed by atoms with Gasteiger partial charge in [-0.05, 0) is 12.1 Å². The Labute approximate surface area is 106 Å². The average Bonchev–Trinajstić information content (AvgIpc) is 2.32. The molecule has 0 unspecified atom stereocenters. The molecule has 0 spiro atoms. The molecule has 0 radical (unpaired) electrons. The van der Waals surface area contributed by atoms with Gasteiger partial charge in [0.05, 0.1) is 22.0 Å². The summed E-state index contributed by atoms with van der Waals surface area (Å²) < 4.78 is 5.23. The molecule has 0 aromatic heterocycles. The topological polar surface area (TPSA) is 67.5 Å². The normalized spacial score (nSPS) is 18.9. The van der Waals surface area contributed by atoms with Gasteiger partial charge in [-0.1, -0.05) is 17.7 Å². The molecule has 0 aliphatic carbocycles. The van der Waals surface area contributed by atoms with Gasteiger partial charge < -0.3 is 20.9 Å². The quantitative estimate of drug-likeness (QED) is 0.723. The molecule has 5 heteroatoms. The van der Waals surface area contributed by atoms with Gasteiger partial charge in [-0.15, -0.1) is 0 Å². The van der Waals surface area contributed by atoms with Gasteiger partial charge in [0.2, 0.25) is 0 Å². The van der Waals surface area contributed by atoms with Crippen LogP contribution in [0.2, 0.25) is 5.02 Å². The number of anilines is 2. The first-order valence-corrected chi connectivity index (χ1v) is 6.06. The van der Waals surface area contributed by atoms with E-state index in [9.17, 15) is 5.11 Å². The van der Waals surface area contributed by atoms with Crippen LogP contribution in [0.4, 0.5) is 11.4 Å². The van der Waals surface area contributed by atoms with Crippen LogP contribution in [0.15, 0.2) is 18.2 Å². The number of rotatable bonds is 3. The fraction of sp³-hybridized carbons (Fsp3) is 0.500. The summed E-state index contributed by atoms with van der Waals surface area (Å²) in [6.07, 6.45) is 1.28. The lowest BCUT2D eigenvalue weighted by Gasteiger charge is -2.32. The average molecular weight is 257 g/mol. The molecule has 0 amide bonds. The fourth-order valence-corrected chi connectivity index (χ4v) is 2.05. The van der Waals surface area contributed by atoms with Crippen molar-refractivity contribution in [1.82, 2.24) is 0 Å². The number of halogens is 1. The van der Waals surface area contributed by atoms with Crippen molar-refractivity contribution in [3.05, 3.63) is 23.2 Å². The molecule has 1 aliphatic rings. The first kappa shape index (κ1) is 12.5. The lowest BCUT2D eigenvalue weighted by Crippen LogP contribution is -2.42. The van der Waals surface area contributed by atoms with Crippen LogP contribution >= 0.6 is 11.6 Å². The maximum absolute atomic E-state index is 10.3. The molecule has 0 bridgehead atoms. The molecule has 1 saturated heterocycles. The lowest BCUT2D eigenvalue weighted by atomic mass is 9.94. The van der Waals surface area contributed by atoms with E-state index >= 15 is 0 Å². The van der Waals surface area contributed by atoms with Crippen molar-refractivity contribution in [3.8, 4) is 0 Å². The molecule has 94 valence electrons. The van der Waals surface area contributed by atoms with Crippen LogP contribution in [0, 0.1) is 0 Å². The highest BCUT2D eigenvalue weighted by molar-refractivity contribution is 6.33. The number of hydrogen-bond donors (Lipinski definition) is 3. The van der Waals surface area contributed by atoms with Crippen LogP contribution in [-0.2, 0) is 4.74 Å². The number of hydrogen-bond acceptors (Lipinski definition) is 4. The maximum atomic E-state index is 10.3. The summed E-state index contributed by atoms with van der Waals surface area (Å²) in [5.74, 6) is 0. The summed E-state index contributed by atoms with van der Waals surface area (Å²) in [5.41, 5.74) is 6.41. The Hall–Kier alpha value is -0.970. The van der Waals surface area contributed by atoms with E-state index in [1.165, 1.54) is 0 Å². The number of nitrogen functional groups attached to an aromatic ring is 1.